The molecule has 0 unspecified atom stereocenters. The summed E-state index contributed by atoms with van der Waals surface area (Å²) in [6.45, 7) is 0.558. The monoisotopic (exact) mass is 380 g/mol. The molecule has 0 saturated heterocycles. The lowest BCUT2D eigenvalue weighted by Crippen LogP contribution is -2.41. The molecule has 1 aromatic carbocycles. The molecular formula is C21H24N4O3. The van der Waals surface area contributed by atoms with Crippen LogP contribution in [-0.4, -0.2) is 38.8 Å². The smallest absolute Gasteiger partial charge is 0.222 e. The quantitative estimate of drug-likeness (QED) is 0.657. The van der Waals surface area contributed by atoms with Crippen LogP contribution >= 0.6 is 0 Å². The van der Waals surface area contributed by atoms with Crippen molar-refractivity contribution in [2.45, 2.75) is 38.0 Å². The molecule has 146 valence electrons. The number of carbonyl (C=O) groups excluding carboxylic acids is 1. The van der Waals surface area contributed by atoms with Gasteiger partial charge in [0.25, 0.3) is 0 Å². The van der Waals surface area contributed by atoms with Gasteiger partial charge in [-0.25, -0.2) is 4.98 Å². The zero-order valence-corrected chi connectivity index (χ0v) is 15.8. The molecule has 1 atom stereocenters. The number of methoxy groups -OCH3 is 1. The fourth-order valence-corrected chi connectivity index (χ4v) is 3.75. The van der Waals surface area contributed by atoms with Crippen LogP contribution in [0.5, 0.6) is 5.75 Å². The molecule has 0 bridgehead atoms. The Kier molecular flexibility index (Phi) is 5.25. The Morgan fingerprint density at radius 2 is 2.18 bits per heavy atom. The van der Waals surface area contributed by atoms with Gasteiger partial charge in [-0.15, -0.1) is 0 Å². The summed E-state index contributed by atoms with van der Waals surface area (Å²) in [5.41, 5.74) is 2.84. The summed E-state index contributed by atoms with van der Waals surface area (Å²) in [6, 6.07) is 9.59. The number of pyridine rings is 1. The van der Waals surface area contributed by atoms with Crippen molar-refractivity contribution >= 4 is 16.9 Å². The lowest BCUT2D eigenvalue weighted by molar-refractivity contribution is -0.123. The molecule has 2 N–H and O–H groups in total. The van der Waals surface area contributed by atoms with Crippen molar-refractivity contribution in [3.05, 3.63) is 54.6 Å². The normalized spacial score (nSPS) is 19.8. The van der Waals surface area contributed by atoms with Gasteiger partial charge in [-0.2, -0.15) is 0 Å². The molecule has 3 aromatic rings. The van der Waals surface area contributed by atoms with Gasteiger partial charge in [0, 0.05) is 19.2 Å². The predicted molar refractivity (Wildman–Crippen MR) is 105 cm³/mol. The number of aliphatic hydroxyl groups is 1. The molecule has 1 amide bonds. The van der Waals surface area contributed by atoms with Crippen molar-refractivity contribution in [1.29, 1.82) is 0 Å². The second-order valence-corrected chi connectivity index (χ2v) is 7.27. The highest BCUT2D eigenvalue weighted by atomic mass is 16.5. The lowest BCUT2D eigenvalue weighted by atomic mass is 9.75. The summed E-state index contributed by atoms with van der Waals surface area (Å²) < 4.78 is 7.26. The number of nitrogens with one attached hydrogen (secondary N) is 1. The number of hydrogen-bond acceptors (Lipinski definition) is 5. The molecule has 2 heterocycles. The Labute approximate surface area is 163 Å². The molecule has 7 heteroatoms. The average Bonchev–Trinajstić information content (AvgIpc) is 3.11. The van der Waals surface area contributed by atoms with E-state index in [1.807, 2.05) is 34.9 Å². The van der Waals surface area contributed by atoms with E-state index < -0.39 is 0 Å². The van der Waals surface area contributed by atoms with Crippen LogP contribution in [0.25, 0.3) is 11.0 Å². The second-order valence-electron chi connectivity index (χ2n) is 7.27. The van der Waals surface area contributed by atoms with Crippen LogP contribution in [0.4, 0.5) is 0 Å². The Hall–Kier alpha value is -2.93. The number of para-hydroxylation sites is 2. The molecular weight excluding hydrogens is 356 g/mol. The minimum atomic E-state index is -0.291. The van der Waals surface area contributed by atoms with Crippen LogP contribution in [0.3, 0.4) is 0 Å². The summed E-state index contributed by atoms with van der Waals surface area (Å²) in [7, 11) is 1.59. The number of rotatable bonds is 7. The van der Waals surface area contributed by atoms with Gasteiger partial charge in [-0.1, -0.05) is 12.1 Å². The zero-order chi connectivity index (χ0) is 19.5. The molecule has 2 aromatic heterocycles. The Bertz CT molecular complexity index is 965. The molecule has 1 fully saturated rings. The highest BCUT2D eigenvalue weighted by molar-refractivity contribution is 5.78. The van der Waals surface area contributed by atoms with E-state index in [0.29, 0.717) is 31.6 Å². The summed E-state index contributed by atoms with van der Waals surface area (Å²) in [5, 5.41) is 12.9. The van der Waals surface area contributed by atoms with Gasteiger partial charge in [-0.05, 0) is 42.5 Å². The van der Waals surface area contributed by atoms with Gasteiger partial charge in [0.05, 0.1) is 42.8 Å². The first kappa shape index (κ1) is 18.4. The van der Waals surface area contributed by atoms with Crippen LogP contribution in [0.2, 0.25) is 0 Å². The number of imidazole rings is 1. The van der Waals surface area contributed by atoms with E-state index in [1.165, 1.54) is 0 Å². The maximum Gasteiger partial charge on any atom is 0.222 e. The molecule has 0 aliphatic heterocycles. The zero-order valence-electron chi connectivity index (χ0n) is 15.8. The number of aryl methyl sites for hydroxylation is 1. The van der Waals surface area contributed by atoms with Gasteiger partial charge in [0.15, 0.2) is 0 Å². The van der Waals surface area contributed by atoms with Crippen LogP contribution in [0.1, 0.15) is 30.9 Å². The van der Waals surface area contributed by atoms with Crippen LogP contribution in [0.15, 0.2) is 49.1 Å². The molecule has 0 radical (unpaired) electrons. The number of aliphatic hydroxyl groups excluding tert-OH is 1. The fourth-order valence-electron chi connectivity index (χ4n) is 3.75. The number of amides is 1. The second kappa shape index (κ2) is 7.98. The largest absolute Gasteiger partial charge is 0.495 e. The molecule has 4 rings (SSSR count). The van der Waals surface area contributed by atoms with Gasteiger partial charge in [-0.3, -0.25) is 9.78 Å². The summed E-state index contributed by atoms with van der Waals surface area (Å²) >= 11 is 0. The van der Waals surface area contributed by atoms with Gasteiger partial charge < -0.3 is 19.7 Å². The molecule has 1 aliphatic rings. The first-order chi connectivity index (χ1) is 13.6. The van der Waals surface area contributed by atoms with Crippen molar-refractivity contribution in [2.24, 2.45) is 5.92 Å². The Balaban J connectivity index is 1.44. The molecule has 7 nitrogen and oxygen atoms in total. The van der Waals surface area contributed by atoms with Gasteiger partial charge >= 0.3 is 0 Å². The number of nitrogens with zero attached hydrogens (tertiary/aromatic N) is 3. The third kappa shape index (κ3) is 3.84. The van der Waals surface area contributed by atoms with E-state index in [-0.39, 0.29) is 24.0 Å². The van der Waals surface area contributed by atoms with Crippen LogP contribution in [-0.2, 0) is 11.3 Å². The number of aromatic nitrogens is 3. The number of fused-ring (bicyclic) bond motifs is 1. The minimum absolute atomic E-state index is 0.0352. The maximum atomic E-state index is 12.7. The predicted octanol–water partition coefficient (Wildman–Crippen LogP) is 2.46. The third-order valence-corrected chi connectivity index (χ3v) is 5.37. The van der Waals surface area contributed by atoms with E-state index in [4.69, 9.17) is 4.74 Å². The van der Waals surface area contributed by atoms with Crippen molar-refractivity contribution in [1.82, 2.24) is 19.9 Å². The van der Waals surface area contributed by atoms with Gasteiger partial charge in [0.1, 0.15) is 5.75 Å². The van der Waals surface area contributed by atoms with Crippen molar-refractivity contribution in [3.8, 4) is 5.75 Å². The Morgan fingerprint density at radius 1 is 1.36 bits per heavy atom. The van der Waals surface area contributed by atoms with Gasteiger partial charge in [0.2, 0.25) is 5.91 Å². The van der Waals surface area contributed by atoms with Crippen molar-refractivity contribution in [3.63, 3.8) is 0 Å². The summed E-state index contributed by atoms with van der Waals surface area (Å²) in [4.78, 5) is 21.3. The number of hydrogen-bond donors (Lipinski definition) is 2. The highest BCUT2D eigenvalue weighted by Crippen LogP contribution is 2.38. The molecule has 1 saturated carbocycles. The van der Waals surface area contributed by atoms with E-state index in [9.17, 15) is 9.90 Å². The van der Waals surface area contributed by atoms with Crippen LogP contribution in [0, 0.1) is 5.92 Å². The van der Waals surface area contributed by atoms with E-state index in [1.54, 1.807) is 25.8 Å². The topological polar surface area (TPSA) is 89.3 Å². The number of carbonyl (C=O) groups is 1. The molecule has 1 aliphatic carbocycles. The van der Waals surface area contributed by atoms with Crippen LogP contribution < -0.4 is 10.1 Å². The SMILES string of the molecule is COc1cncc([C@@H](NC(=O)CCn2cnc3ccccc32)C2CC(O)C2)c1. The van der Waals surface area contributed by atoms with E-state index in [2.05, 4.69) is 15.3 Å². The number of benzene rings is 1. The standard InChI is InChI=1S/C21H24N4O3/c1-28-17-10-15(11-22-12-17)21(14-8-16(26)9-14)24-20(27)6-7-25-13-23-18-4-2-3-5-19(18)25/h2-5,10-14,16,21,26H,6-9H2,1H3,(H,24,27)/t14?,16?,21-/m0/s1. The third-order valence-electron chi connectivity index (χ3n) is 5.37. The lowest BCUT2D eigenvalue weighted by Gasteiger charge is -2.38. The van der Waals surface area contributed by atoms with Crippen molar-refractivity contribution in [2.75, 3.05) is 7.11 Å². The van der Waals surface area contributed by atoms with E-state index in [0.717, 1.165) is 16.6 Å². The number of ether oxygens (including phenoxy) is 1. The maximum absolute atomic E-state index is 12.7. The minimum Gasteiger partial charge on any atom is -0.495 e. The van der Waals surface area contributed by atoms with E-state index >= 15 is 0 Å². The Morgan fingerprint density at radius 3 is 2.96 bits per heavy atom. The van der Waals surface area contributed by atoms with Crippen molar-refractivity contribution < 1.29 is 14.6 Å². The highest BCUT2D eigenvalue weighted by Gasteiger charge is 2.36. The summed E-state index contributed by atoms with van der Waals surface area (Å²) in [5.74, 6) is 0.815. The fraction of sp³-hybridized carbons (Fsp3) is 0.381. The summed E-state index contributed by atoms with van der Waals surface area (Å²) in [6.07, 6.45) is 6.57. The molecule has 0 spiro atoms. The molecule has 28 heavy (non-hydrogen) atoms. The average molecular weight is 380 g/mol. The first-order valence-electron chi connectivity index (χ1n) is 9.50. The first-order valence-corrected chi connectivity index (χ1v) is 9.50.